The Morgan fingerprint density at radius 1 is 1.33 bits per heavy atom. The Morgan fingerprint density at radius 3 is 2.27 bits per heavy atom. The van der Waals surface area contributed by atoms with Crippen LogP contribution in [0, 0.1) is 0 Å². The van der Waals surface area contributed by atoms with Gasteiger partial charge in [-0.3, -0.25) is 4.57 Å². The SMILES string of the molecule is NC[C@H](Cc1ccc(Br)cc1)P(=O)(O)O. The molecule has 0 unspecified atom stereocenters. The second-order valence-corrected chi connectivity index (χ2v) is 6.13. The first-order valence-corrected chi connectivity index (χ1v) is 6.90. The molecular weight excluding hydrogens is 281 g/mol. The summed E-state index contributed by atoms with van der Waals surface area (Å²) in [6.07, 6.45) is 0.300. The molecule has 0 aromatic heterocycles. The molecule has 0 heterocycles. The van der Waals surface area contributed by atoms with Crippen molar-refractivity contribution in [3.63, 3.8) is 0 Å². The first kappa shape index (κ1) is 12.9. The Kier molecular flexibility index (Phi) is 4.49. The zero-order chi connectivity index (χ0) is 11.5. The highest BCUT2D eigenvalue weighted by Gasteiger charge is 2.27. The summed E-state index contributed by atoms with van der Waals surface area (Å²) in [6.45, 7) is -0.0135. The summed E-state index contributed by atoms with van der Waals surface area (Å²) in [5.74, 6) is 0. The van der Waals surface area contributed by atoms with Gasteiger partial charge in [-0.25, -0.2) is 0 Å². The average molecular weight is 294 g/mol. The molecule has 0 spiro atoms. The van der Waals surface area contributed by atoms with Crippen molar-refractivity contribution in [3.8, 4) is 0 Å². The minimum atomic E-state index is -4.09. The molecule has 4 N–H and O–H groups in total. The van der Waals surface area contributed by atoms with E-state index in [0.717, 1.165) is 10.0 Å². The summed E-state index contributed by atoms with van der Waals surface area (Å²) in [7, 11) is -4.09. The summed E-state index contributed by atoms with van der Waals surface area (Å²) in [6, 6.07) is 7.32. The van der Waals surface area contributed by atoms with Gasteiger partial charge in [-0.1, -0.05) is 28.1 Å². The molecule has 1 aromatic rings. The van der Waals surface area contributed by atoms with Crippen LogP contribution in [-0.2, 0) is 11.0 Å². The van der Waals surface area contributed by atoms with Gasteiger partial charge < -0.3 is 15.5 Å². The lowest BCUT2D eigenvalue weighted by Gasteiger charge is -2.16. The first-order chi connectivity index (χ1) is 6.93. The van der Waals surface area contributed by atoms with Crippen LogP contribution in [0.25, 0.3) is 0 Å². The van der Waals surface area contributed by atoms with Crippen LogP contribution in [-0.4, -0.2) is 22.0 Å². The van der Waals surface area contributed by atoms with Gasteiger partial charge in [0.15, 0.2) is 0 Å². The third-order valence-electron chi connectivity index (χ3n) is 2.13. The number of halogens is 1. The molecule has 15 heavy (non-hydrogen) atoms. The fourth-order valence-corrected chi connectivity index (χ4v) is 2.22. The quantitative estimate of drug-likeness (QED) is 0.735. The van der Waals surface area contributed by atoms with Crippen molar-refractivity contribution in [1.82, 2.24) is 0 Å². The summed E-state index contributed by atoms with van der Waals surface area (Å²) in [5, 5.41) is 0. The van der Waals surface area contributed by atoms with Crippen LogP contribution in [0.2, 0.25) is 0 Å². The fraction of sp³-hybridized carbons (Fsp3) is 0.333. The largest absolute Gasteiger partial charge is 0.330 e. The van der Waals surface area contributed by atoms with Gasteiger partial charge >= 0.3 is 7.60 Å². The second kappa shape index (κ2) is 5.23. The molecule has 1 rings (SSSR count). The first-order valence-electron chi connectivity index (χ1n) is 4.43. The molecule has 0 saturated heterocycles. The van der Waals surface area contributed by atoms with Gasteiger partial charge in [0.2, 0.25) is 0 Å². The van der Waals surface area contributed by atoms with E-state index in [9.17, 15) is 4.57 Å². The number of hydrogen-bond acceptors (Lipinski definition) is 2. The zero-order valence-corrected chi connectivity index (χ0v) is 10.5. The van der Waals surface area contributed by atoms with Crippen LogP contribution in [0.1, 0.15) is 5.56 Å². The Labute approximate surface area is 96.8 Å². The van der Waals surface area contributed by atoms with Crippen LogP contribution >= 0.6 is 23.5 Å². The third-order valence-corrected chi connectivity index (χ3v) is 4.01. The smallest absolute Gasteiger partial charge is 0.330 e. The maximum absolute atomic E-state index is 11.0. The Bertz CT molecular complexity index is 362. The van der Waals surface area contributed by atoms with E-state index in [4.69, 9.17) is 15.5 Å². The summed E-state index contributed by atoms with van der Waals surface area (Å²) < 4.78 is 12.0. The number of hydrogen-bond donors (Lipinski definition) is 3. The standard InChI is InChI=1S/C9H13BrNO3P/c10-8-3-1-7(2-4-8)5-9(6-11)15(12,13)14/h1-4,9H,5-6,11H2,(H2,12,13,14)/t9-/m0/s1. The van der Waals surface area contributed by atoms with Gasteiger partial charge in [0.1, 0.15) is 0 Å². The molecule has 0 aliphatic rings. The maximum atomic E-state index is 11.0. The average Bonchev–Trinajstić information content (AvgIpc) is 2.15. The molecule has 0 aliphatic carbocycles. The minimum Gasteiger partial charge on any atom is -0.330 e. The highest BCUT2D eigenvalue weighted by molar-refractivity contribution is 9.10. The van der Waals surface area contributed by atoms with Gasteiger partial charge in [-0.05, 0) is 24.1 Å². The minimum absolute atomic E-state index is 0.0135. The van der Waals surface area contributed by atoms with E-state index < -0.39 is 13.3 Å². The molecule has 6 heteroatoms. The van der Waals surface area contributed by atoms with Crippen molar-refractivity contribution in [1.29, 1.82) is 0 Å². The molecule has 1 aromatic carbocycles. The normalized spacial score (nSPS) is 13.9. The number of benzene rings is 1. The van der Waals surface area contributed by atoms with E-state index in [2.05, 4.69) is 15.9 Å². The molecule has 0 saturated carbocycles. The second-order valence-electron chi connectivity index (χ2n) is 3.31. The van der Waals surface area contributed by atoms with Gasteiger partial charge in [-0.2, -0.15) is 0 Å². The van der Waals surface area contributed by atoms with Crippen LogP contribution < -0.4 is 5.73 Å². The van der Waals surface area contributed by atoms with Gasteiger partial charge in [-0.15, -0.1) is 0 Å². The van der Waals surface area contributed by atoms with Crippen molar-refractivity contribution in [2.24, 2.45) is 5.73 Å². The fourth-order valence-electron chi connectivity index (χ4n) is 1.23. The molecule has 0 radical (unpaired) electrons. The van der Waals surface area contributed by atoms with Gasteiger partial charge in [0.25, 0.3) is 0 Å². The van der Waals surface area contributed by atoms with Gasteiger partial charge in [0.05, 0.1) is 5.66 Å². The van der Waals surface area contributed by atoms with Crippen LogP contribution in [0.5, 0.6) is 0 Å². The summed E-state index contributed by atoms with van der Waals surface area (Å²) in [5.41, 5.74) is 5.41. The summed E-state index contributed by atoms with van der Waals surface area (Å²) >= 11 is 3.29. The van der Waals surface area contributed by atoms with Crippen molar-refractivity contribution in [3.05, 3.63) is 34.3 Å². The van der Waals surface area contributed by atoms with Crippen LogP contribution in [0.15, 0.2) is 28.7 Å². The molecule has 4 nitrogen and oxygen atoms in total. The molecule has 0 amide bonds. The Hall–Kier alpha value is -0.190. The number of rotatable bonds is 4. The highest BCUT2D eigenvalue weighted by atomic mass is 79.9. The van der Waals surface area contributed by atoms with E-state index in [0.29, 0.717) is 6.42 Å². The van der Waals surface area contributed by atoms with E-state index in [1.807, 2.05) is 24.3 Å². The topological polar surface area (TPSA) is 83.6 Å². The predicted octanol–water partition coefficient (Wildman–Crippen LogP) is 1.50. The summed E-state index contributed by atoms with van der Waals surface area (Å²) in [4.78, 5) is 18.0. The van der Waals surface area contributed by atoms with E-state index in [1.54, 1.807) is 0 Å². The van der Waals surface area contributed by atoms with E-state index in [1.165, 1.54) is 0 Å². The Balaban J connectivity index is 2.76. The lowest BCUT2D eigenvalue weighted by Crippen LogP contribution is -2.22. The van der Waals surface area contributed by atoms with Crippen LogP contribution in [0.3, 0.4) is 0 Å². The predicted molar refractivity (Wildman–Crippen MR) is 62.7 cm³/mol. The maximum Gasteiger partial charge on any atom is 0.330 e. The van der Waals surface area contributed by atoms with Crippen LogP contribution in [0.4, 0.5) is 0 Å². The molecule has 1 atom stereocenters. The molecule has 0 bridgehead atoms. The Morgan fingerprint density at radius 2 is 1.87 bits per heavy atom. The zero-order valence-electron chi connectivity index (χ0n) is 8.01. The van der Waals surface area contributed by atoms with E-state index >= 15 is 0 Å². The molecule has 0 aliphatic heterocycles. The van der Waals surface area contributed by atoms with Crippen molar-refractivity contribution in [2.75, 3.05) is 6.54 Å². The van der Waals surface area contributed by atoms with Crippen molar-refractivity contribution >= 4 is 23.5 Å². The lowest BCUT2D eigenvalue weighted by molar-refractivity contribution is 0.357. The number of nitrogens with two attached hydrogens (primary N) is 1. The van der Waals surface area contributed by atoms with E-state index in [-0.39, 0.29) is 6.54 Å². The van der Waals surface area contributed by atoms with Gasteiger partial charge in [0, 0.05) is 11.0 Å². The molecule has 84 valence electrons. The lowest BCUT2D eigenvalue weighted by atomic mass is 10.1. The van der Waals surface area contributed by atoms with Crippen molar-refractivity contribution < 1.29 is 14.4 Å². The molecular formula is C9H13BrNO3P. The highest BCUT2D eigenvalue weighted by Crippen LogP contribution is 2.42. The third kappa shape index (κ3) is 4.05. The van der Waals surface area contributed by atoms with Crippen molar-refractivity contribution in [2.45, 2.75) is 12.1 Å². The molecule has 0 fully saturated rings. The monoisotopic (exact) mass is 293 g/mol.